The van der Waals surface area contributed by atoms with E-state index >= 15 is 0 Å². The van der Waals surface area contributed by atoms with Crippen LogP contribution in [0, 0.1) is 0 Å². The van der Waals surface area contributed by atoms with Crippen LogP contribution in [0.15, 0.2) is 24.3 Å². The molecule has 136 valence electrons. The Kier molecular flexibility index (Phi) is 4.49. The summed E-state index contributed by atoms with van der Waals surface area (Å²) in [7, 11) is -3.20. The summed E-state index contributed by atoms with van der Waals surface area (Å²) >= 11 is 0. The van der Waals surface area contributed by atoms with Crippen LogP contribution in [0.3, 0.4) is 0 Å². The largest absolute Gasteiger partial charge is 0.340 e. The number of sulfone groups is 1. The van der Waals surface area contributed by atoms with Crippen LogP contribution in [-0.4, -0.2) is 52.9 Å². The Bertz CT molecular complexity index is 855. The van der Waals surface area contributed by atoms with Gasteiger partial charge in [0.15, 0.2) is 9.84 Å². The number of urea groups is 1. The van der Waals surface area contributed by atoms with Crippen LogP contribution < -0.4 is 5.32 Å². The van der Waals surface area contributed by atoms with Crippen LogP contribution in [0.2, 0.25) is 0 Å². The minimum absolute atomic E-state index is 0.00750. The first-order valence-electron chi connectivity index (χ1n) is 8.42. The highest BCUT2D eigenvalue weighted by atomic mass is 32.2. The van der Waals surface area contributed by atoms with Crippen LogP contribution in [0.4, 0.5) is 4.79 Å². The summed E-state index contributed by atoms with van der Waals surface area (Å²) in [5.74, 6) is 0.671. The number of carbonyl (C=O) groups excluding carboxylic acids is 1. The number of hydrogen-bond acceptors (Lipinski definition) is 4. The third-order valence-electron chi connectivity index (χ3n) is 4.90. The van der Waals surface area contributed by atoms with E-state index in [2.05, 4.69) is 15.3 Å². The van der Waals surface area contributed by atoms with E-state index in [1.807, 2.05) is 31.2 Å². The van der Waals surface area contributed by atoms with E-state index in [9.17, 15) is 13.2 Å². The molecule has 2 heterocycles. The van der Waals surface area contributed by atoms with Crippen LogP contribution >= 0.6 is 0 Å². The highest BCUT2D eigenvalue weighted by Gasteiger charge is 2.38. The number of hydrogen-bond donors (Lipinski definition) is 2. The maximum atomic E-state index is 12.6. The molecular formula is C17H24N4O3S. The molecule has 2 N–H and O–H groups in total. The van der Waals surface area contributed by atoms with E-state index < -0.39 is 14.6 Å². The number of H-pyrrole nitrogens is 1. The molecule has 25 heavy (non-hydrogen) atoms. The molecule has 0 saturated carbocycles. The van der Waals surface area contributed by atoms with Crippen LogP contribution in [0.25, 0.3) is 11.0 Å². The van der Waals surface area contributed by atoms with Crippen molar-refractivity contribution in [2.45, 2.75) is 38.0 Å². The van der Waals surface area contributed by atoms with Gasteiger partial charge in [-0.05, 0) is 39.3 Å². The Labute approximate surface area is 147 Å². The van der Waals surface area contributed by atoms with Crippen molar-refractivity contribution in [2.24, 2.45) is 0 Å². The number of fused-ring (bicyclic) bond motifs is 1. The highest BCUT2D eigenvalue weighted by Crippen LogP contribution is 2.25. The highest BCUT2D eigenvalue weighted by molar-refractivity contribution is 7.92. The van der Waals surface area contributed by atoms with Crippen LogP contribution in [-0.2, 0) is 9.84 Å². The van der Waals surface area contributed by atoms with Gasteiger partial charge in [-0.1, -0.05) is 12.1 Å². The summed E-state index contributed by atoms with van der Waals surface area (Å²) in [6.45, 7) is 5.94. The molecule has 8 heteroatoms. The SMILES string of the molecule is C[C@H](NC(=O)N1CCC(C)(C)S(=O)(=O)CC1)c1nc2ccccc2[nH]1. The van der Waals surface area contributed by atoms with E-state index in [4.69, 9.17) is 0 Å². The van der Waals surface area contributed by atoms with Gasteiger partial charge in [-0.15, -0.1) is 0 Å². The summed E-state index contributed by atoms with van der Waals surface area (Å²) < 4.78 is 23.7. The van der Waals surface area contributed by atoms with Gasteiger partial charge in [0, 0.05) is 13.1 Å². The summed E-state index contributed by atoms with van der Waals surface area (Å²) in [5.41, 5.74) is 1.77. The van der Waals surface area contributed by atoms with Gasteiger partial charge >= 0.3 is 6.03 Å². The molecule has 0 radical (unpaired) electrons. The lowest BCUT2D eigenvalue weighted by Crippen LogP contribution is -2.42. The fourth-order valence-corrected chi connectivity index (χ4v) is 4.32. The van der Waals surface area contributed by atoms with Gasteiger partial charge in [-0.25, -0.2) is 18.2 Å². The molecule has 1 aliphatic heterocycles. The molecular weight excluding hydrogens is 340 g/mol. The first-order chi connectivity index (χ1) is 11.7. The number of para-hydroxylation sites is 2. The number of imidazole rings is 1. The molecule has 0 bridgehead atoms. The molecule has 2 aromatic rings. The average Bonchev–Trinajstić information content (AvgIpc) is 2.94. The molecule has 1 fully saturated rings. The topological polar surface area (TPSA) is 95.2 Å². The van der Waals surface area contributed by atoms with Gasteiger partial charge in [0.05, 0.1) is 27.6 Å². The van der Waals surface area contributed by atoms with Gasteiger partial charge in [0.1, 0.15) is 5.82 Å². The van der Waals surface area contributed by atoms with Gasteiger partial charge in [-0.2, -0.15) is 0 Å². The molecule has 0 unspecified atom stereocenters. The Morgan fingerprint density at radius 2 is 2.04 bits per heavy atom. The molecule has 1 aromatic carbocycles. The summed E-state index contributed by atoms with van der Waals surface area (Å²) in [4.78, 5) is 21.8. The van der Waals surface area contributed by atoms with Crippen molar-refractivity contribution in [3.63, 3.8) is 0 Å². The normalized spacial score (nSPS) is 20.8. The Hall–Kier alpha value is -2.09. The van der Waals surface area contributed by atoms with E-state index in [0.717, 1.165) is 11.0 Å². The minimum atomic E-state index is -3.20. The molecule has 3 rings (SSSR count). The maximum Gasteiger partial charge on any atom is 0.318 e. The van der Waals surface area contributed by atoms with Crippen molar-refractivity contribution in [2.75, 3.05) is 18.8 Å². The van der Waals surface area contributed by atoms with Crippen molar-refractivity contribution in [1.82, 2.24) is 20.2 Å². The second-order valence-corrected chi connectivity index (χ2v) is 9.87. The smallest absolute Gasteiger partial charge is 0.318 e. The van der Waals surface area contributed by atoms with Gasteiger partial charge in [0.2, 0.25) is 0 Å². The fourth-order valence-electron chi connectivity index (χ4n) is 2.90. The molecule has 0 spiro atoms. The summed E-state index contributed by atoms with van der Waals surface area (Å²) in [6.07, 6.45) is 0.432. The van der Waals surface area contributed by atoms with Gasteiger partial charge in [0.25, 0.3) is 0 Å². The summed E-state index contributed by atoms with van der Waals surface area (Å²) in [6, 6.07) is 7.12. The number of rotatable bonds is 2. The van der Waals surface area contributed by atoms with Crippen LogP contribution in [0.5, 0.6) is 0 Å². The lowest BCUT2D eigenvalue weighted by Gasteiger charge is -2.24. The molecule has 1 saturated heterocycles. The number of amides is 2. The van der Waals surface area contributed by atoms with E-state index in [1.54, 1.807) is 18.7 Å². The second-order valence-electron chi connectivity index (χ2n) is 7.13. The Morgan fingerprint density at radius 3 is 2.76 bits per heavy atom. The second kappa shape index (κ2) is 6.33. The number of nitrogens with one attached hydrogen (secondary N) is 2. The third kappa shape index (κ3) is 3.49. The number of benzene rings is 1. The molecule has 1 aromatic heterocycles. The first kappa shape index (κ1) is 17.7. The maximum absolute atomic E-state index is 12.6. The van der Waals surface area contributed by atoms with Crippen molar-refractivity contribution >= 4 is 26.9 Å². The van der Waals surface area contributed by atoms with Gasteiger partial charge in [-0.3, -0.25) is 0 Å². The van der Waals surface area contributed by atoms with E-state index in [1.165, 1.54) is 0 Å². The lowest BCUT2D eigenvalue weighted by atomic mass is 10.1. The number of aromatic nitrogens is 2. The Balaban J connectivity index is 1.69. The standard InChI is InChI=1S/C17H24N4O3S/c1-12(15-19-13-6-4-5-7-14(13)20-15)18-16(22)21-9-8-17(2,3)25(23,24)11-10-21/h4-7,12H,8-11H2,1-3H3,(H,18,22)(H,19,20)/t12-/m0/s1. The van der Waals surface area contributed by atoms with Crippen molar-refractivity contribution in [3.05, 3.63) is 30.1 Å². The van der Waals surface area contributed by atoms with E-state index in [-0.39, 0.29) is 24.4 Å². The molecule has 0 aliphatic carbocycles. The number of carbonyl (C=O) groups is 1. The summed E-state index contributed by atoms with van der Waals surface area (Å²) in [5, 5.41) is 2.91. The van der Waals surface area contributed by atoms with Crippen molar-refractivity contribution < 1.29 is 13.2 Å². The monoisotopic (exact) mass is 364 g/mol. The molecule has 1 atom stereocenters. The van der Waals surface area contributed by atoms with Crippen molar-refractivity contribution in [1.29, 1.82) is 0 Å². The molecule has 2 amide bonds. The molecule has 1 aliphatic rings. The average molecular weight is 364 g/mol. The predicted octanol–water partition coefficient (Wildman–Crippen LogP) is 2.23. The number of aromatic amines is 1. The first-order valence-corrected chi connectivity index (χ1v) is 10.1. The molecule has 7 nitrogen and oxygen atoms in total. The number of nitrogens with zero attached hydrogens (tertiary/aromatic N) is 2. The zero-order valence-corrected chi connectivity index (χ0v) is 15.6. The zero-order chi connectivity index (χ0) is 18.2. The van der Waals surface area contributed by atoms with Crippen LogP contribution in [0.1, 0.15) is 39.1 Å². The van der Waals surface area contributed by atoms with Gasteiger partial charge < -0.3 is 15.2 Å². The predicted molar refractivity (Wildman–Crippen MR) is 97.1 cm³/mol. The zero-order valence-electron chi connectivity index (χ0n) is 14.7. The lowest BCUT2D eigenvalue weighted by molar-refractivity contribution is 0.196. The van der Waals surface area contributed by atoms with Crippen molar-refractivity contribution in [3.8, 4) is 0 Å². The fraction of sp³-hybridized carbons (Fsp3) is 0.529. The quantitative estimate of drug-likeness (QED) is 0.854. The Morgan fingerprint density at radius 1 is 1.32 bits per heavy atom. The third-order valence-corrected chi connectivity index (χ3v) is 7.51. The van der Waals surface area contributed by atoms with E-state index in [0.29, 0.717) is 18.8 Å². The minimum Gasteiger partial charge on any atom is -0.340 e.